The van der Waals surface area contributed by atoms with Crippen molar-refractivity contribution in [3.8, 4) is 5.75 Å². The molecule has 3 N–H and O–H groups in total. The molecule has 0 bridgehead atoms. The van der Waals surface area contributed by atoms with Crippen LogP contribution in [-0.2, 0) is 6.54 Å². The number of nitrogens with two attached hydrogens (primary N) is 1. The summed E-state index contributed by atoms with van der Waals surface area (Å²) in [5.41, 5.74) is 7.11. The van der Waals surface area contributed by atoms with Crippen LogP contribution in [0.5, 0.6) is 5.75 Å². The zero-order valence-corrected chi connectivity index (χ0v) is 11.3. The van der Waals surface area contributed by atoms with Crippen LogP contribution in [0.2, 0.25) is 0 Å². The van der Waals surface area contributed by atoms with Gasteiger partial charge in [-0.3, -0.25) is 5.41 Å². The summed E-state index contributed by atoms with van der Waals surface area (Å²) in [5.74, 6) is 2.22. The van der Waals surface area contributed by atoms with Crippen molar-refractivity contribution in [2.45, 2.75) is 20.4 Å². The predicted molar refractivity (Wildman–Crippen MR) is 72.6 cm³/mol. The Balaban J connectivity index is 2.31. The maximum atomic E-state index is 7.48. The fourth-order valence-corrected chi connectivity index (χ4v) is 1.94. The number of aryl methyl sites for hydroxylation is 2. The van der Waals surface area contributed by atoms with Crippen molar-refractivity contribution in [1.82, 2.24) is 14.8 Å². The smallest absolute Gasteiger partial charge is 0.147 e. The molecule has 0 radical (unpaired) electrons. The normalized spacial score (nSPS) is 10.5. The number of ether oxygens (including phenoxy) is 1. The SMILES string of the molecule is COc1cc(Cn2nc(C)nc2C)ccc1C(=N)N. The molecule has 19 heavy (non-hydrogen) atoms. The van der Waals surface area contributed by atoms with Crippen molar-refractivity contribution in [3.05, 3.63) is 41.0 Å². The molecule has 100 valence electrons. The summed E-state index contributed by atoms with van der Waals surface area (Å²) < 4.78 is 7.09. The summed E-state index contributed by atoms with van der Waals surface area (Å²) in [6.45, 7) is 4.39. The van der Waals surface area contributed by atoms with Crippen LogP contribution in [0.15, 0.2) is 18.2 Å². The summed E-state index contributed by atoms with van der Waals surface area (Å²) in [6, 6.07) is 5.57. The Kier molecular flexibility index (Phi) is 3.50. The van der Waals surface area contributed by atoms with Gasteiger partial charge in [-0.25, -0.2) is 9.67 Å². The van der Waals surface area contributed by atoms with Crippen molar-refractivity contribution in [2.24, 2.45) is 5.73 Å². The number of nitrogen functional groups attached to an aromatic ring is 1. The van der Waals surface area contributed by atoms with Gasteiger partial charge in [0.1, 0.15) is 23.2 Å². The van der Waals surface area contributed by atoms with E-state index in [4.69, 9.17) is 15.9 Å². The Morgan fingerprint density at radius 2 is 2.16 bits per heavy atom. The molecule has 0 aliphatic heterocycles. The number of amidine groups is 1. The van der Waals surface area contributed by atoms with E-state index in [0.717, 1.165) is 17.2 Å². The van der Waals surface area contributed by atoms with Gasteiger partial charge in [0, 0.05) is 0 Å². The van der Waals surface area contributed by atoms with E-state index in [1.807, 2.05) is 30.7 Å². The molecule has 0 amide bonds. The monoisotopic (exact) mass is 259 g/mol. The Morgan fingerprint density at radius 1 is 1.42 bits per heavy atom. The molecule has 6 heteroatoms. The van der Waals surface area contributed by atoms with Crippen LogP contribution in [-0.4, -0.2) is 27.7 Å². The molecular weight excluding hydrogens is 242 g/mol. The minimum Gasteiger partial charge on any atom is -0.496 e. The molecule has 0 unspecified atom stereocenters. The van der Waals surface area contributed by atoms with E-state index in [9.17, 15) is 0 Å². The first-order valence-corrected chi connectivity index (χ1v) is 5.90. The van der Waals surface area contributed by atoms with E-state index in [2.05, 4.69) is 10.1 Å². The van der Waals surface area contributed by atoms with Crippen LogP contribution >= 0.6 is 0 Å². The van der Waals surface area contributed by atoms with E-state index in [1.165, 1.54) is 0 Å². The highest BCUT2D eigenvalue weighted by Crippen LogP contribution is 2.20. The average Bonchev–Trinajstić information content (AvgIpc) is 2.67. The number of rotatable bonds is 4. The quantitative estimate of drug-likeness (QED) is 0.638. The number of nitrogens with one attached hydrogen (secondary N) is 1. The highest BCUT2D eigenvalue weighted by molar-refractivity contribution is 5.97. The van der Waals surface area contributed by atoms with Crippen LogP contribution in [0.4, 0.5) is 0 Å². The van der Waals surface area contributed by atoms with Crippen molar-refractivity contribution in [1.29, 1.82) is 5.41 Å². The van der Waals surface area contributed by atoms with Gasteiger partial charge < -0.3 is 10.5 Å². The number of aromatic nitrogens is 3. The Hall–Kier alpha value is -2.37. The zero-order valence-electron chi connectivity index (χ0n) is 11.3. The van der Waals surface area contributed by atoms with Gasteiger partial charge in [0.2, 0.25) is 0 Å². The van der Waals surface area contributed by atoms with Gasteiger partial charge in [0.15, 0.2) is 0 Å². The molecule has 2 rings (SSSR count). The molecular formula is C13H17N5O. The lowest BCUT2D eigenvalue weighted by Crippen LogP contribution is -2.13. The minimum absolute atomic E-state index is 0.00354. The van der Waals surface area contributed by atoms with E-state index >= 15 is 0 Å². The van der Waals surface area contributed by atoms with Crippen molar-refractivity contribution < 1.29 is 4.74 Å². The fourth-order valence-electron chi connectivity index (χ4n) is 1.94. The molecule has 2 aromatic rings. The predicted octanol–water partition coefficient (Wildman–Crippen LogP) is 1.24. The number of methoxy groups -OCH3 is 1. The van der Waals surface area contributed by atoms with Gasteiger partial charge in [-0.2, -0.15) is 5.10 Å². The third-order valence-corrected chi connectivity index (χ3v) is 2.85. The molecule has 6 nitrogen and oxygen atoms in total. The molecule has 1 aromatic carbocycles. The third kappa shape index (κ3) is 2.73. The van der Waals surface area contributed by atoms with Gasteiger partial charge in [0.25, 0.3) is 0 Å². The topological polar surface area (TPSA) is 89.8 Å². The summed E-state index contributed by atoms with van der Waals surface area (Å²) in [6.07, 6.45) is 0. The Labute approximate surface area is 111 Å². The highest BCUT2D eigenvalue weighted by atomic mass is 16.5. The van der Waals surface area contributed by atoms with E-state index in [1.54, 1.807) is 13.2 Å². The number of benzene rings is 1. The second-order valence-corrected chi connectivity index (χ2v) is 4.31. The average molecular weight is 259 g/mol. The second kappa shape index (κ2) is 5.09. The number of hydrogen-bond acceptors (Lipinski definition) is 4. The Bertz CT molecular complexity index is 617. The van der Waals surface area contributed by atoms with Crippen molar-refractivity contribution in [3.63, 3.8) is 0 Å². The standard InChI is InChI=1S/C13H17N5O/c1-8-16-9(2)18(17-8)7-10-4-5-11(13(14)15)12(6-10)19-3/h4-6H,7H2,1-3H3,(H3,14,15). The number of nitrogens with zero attached hydrogens (tertiary/aromatic N) is 3. The van der Waals surface area contributed by atoms with Gasteiger partial charge in [-0.05, 0) is 31.5 Å². The van der Waals surface area contributed by atoms with Crippen LogP contribution in [0.3, 0.4) is 0 Å². The summed E-state index contributed by atoms with van der Waals surface area (Å²) in [7, 11) is 1.57. The number of hydrogen-bond donors (Lipinski definition) is 2. The lowest BCUT2D eigenvalue weighted by Gasteiger charge is -2.10. The molecule has 1 heterocycles. The fraction of sp³-hybridized carbons (Fsp3) is 0.308. The Morgan fingerprint density at radius 3 is 2.68 bits per heavy atom. The maximum absolute atomic E-state index is 7.48. The molecule has 0 atom stereocenters. The maximum Gasteiger partial charge on any atom is 0.147 e. The van der Waals surface area contributed by atoms with E-state index < -0.39 is 0 Å². The highest BCUT2D eigenvalue weighted by Gasteiger charge is 2.09. The molecule has 0 saturated heterocycles. The first-order chi connectivity index (χ1) is 9.01. The largest absolute Gasteiger partial charge is 0.496 e. The molecule has 0 fully saturated rings. The lowest BCUT2D eigenvalue weighted by atomic mass is 10.1. The van der Waals surface area contributed by atoms with Crippen molar-refractivity contribution in [2.75, 3.05) is 7.11 Å². The molecule has 0 saturated carbocycles. The van der Waals surface area contributed by atoms with Gasteiger partial charge in [0.05, 0.1) is 19.2 Å². The van der Waals surface area contributed by atoms with E-state index in [0.29, 0.717) is 17.9 Å². The summed E-state index contributed by atoms with van der Waals surface area (Å²) in [5, 5.41) is 11.8. The second-order valence-electron chi connectivity index (χ2n) is 4.31. The van der Waals surface area contributed by atoms with Crippen molar-refractivity contribution >= 4 is 5.84 Å². The van der Waals surface area contributed by atoms with Gasteiger partial charge in [-0.1, -0.05) is 6.07 Å². The lowest BCUT2D eigenvalue weighted by molar-refractivity contribution is 0.413. The molecule has 0 aliphatic rings. The first-order valence-electron chi connectivity index (χ1n) is 5.90. The van der Waals surface area contributed by atoms with E-state index in [-0.39, 0.29) is 5.84 Å². The molecule has 0 spiro atoms. The van der Waals surface area contributed by atoms with Gasteiger partial charge >= 0.3 is 0 Å². The molecule has 0 aliphatic carbocycles. The molecule has 1 aromatic heterocycles. The van der Waals surface area contributed by atoms with Gasteiger partial charge in [-0.15, -0.1) is 0 Å². The first kappa shape index (κ1) is 13.1. The van der Waals surface area contributed by atoms with Crippen LogP contribution in [0.25, 0.3) is 0 Å². The minimum atomic E-state index is -0.00354. The van der Waals surface area contributed by atoms with Crippen LogP contribution < -0.4 is 10.5 Å². The zero-order chi connectivity index (χ0) is 14.0. The van der Waals surface area contributed by atoms with Crippen LogP contribution in [0.1, 0.15) is 22.8 Å². The third-order valence-electron chi connectivity index (χ3n) is 2.85. The summed E-state index contributed by atoms with van der Waals surface area (Å²) >= 11 is 0. The van der Waals surface area contributed by atoms with Crippen LogP contribution in [0, 0.1) is 19.3 Å². The summed E-state index contributed by atoms with van der Waals surface area (Å²) in [4.78, 5) is 4.26.